The number of ether oxygens (including phenoxy) is 1. The predicted molar refractivity (Wildman–Crippen MR) is 88.5 cm³/mol. The SMILES string of the molecule is Cc1ccc(OC(CCN(C)CC(=O)O)c2ccccc2)cn1. The fourth-order valence-electron chi connectivity index (χ4n) is 2.30. The minimum Gasteiger partial charge on any atom is -0.484 e. The van der Waals surface area contributed by atoms with E-state index in [1.807, 2.05) is 49.4 Å². The van der Waals surface area contributed by atoms with Crippen LogP contribution in [0, 0.1) is 6.92 Å². The first kappa shape index (κ1) is 17.0. The second-order valence-corrected chi connectivity index (χ2v) is 5.57. The highest BCUT2D eigenvalue weighted by Crippen LogP contribution is 2.24. The second kappa shape index (κ2) is 8.29. The van der Waals surface area contributed by atoms with E-state index in [0.29, 0.717) is 18.7 Å². The maximum absolute atomic E-state index is 10.8. The van der Waals surface area contributed by atoms with Crippen LogP contribution in [0.5, 0.6) is 5.75 Å². The Kier molecular flexibility index (Phi) is 6.11. The topological polar surface area (TPSA) is 62.7 Å². The smallest absolute Gasteiger partial charge is 0.317 e. The van der Waals surface area contributed by atoms with E-state index in [4.69, 9.17) is 9.84 Å². The summed E-state index contributed by atoms with van der Waals surface area (Å²) in [6.45, 7) is 2.58. The third kappa shape index (κ3) is 5.71. The number of hydrogen-bond acceptors (Lipinski definition) is 4. The minimum atomic E-state index is -0.826. The molecule has 1 aromatic carbocycles. The molecule has 0 bridgehead atoms. The van der Waals surface area contributed by atoms with Gasteiger partial charge in [0.2, 0.25) is 0 Å². The van der Waals surface area contributed by atoms with Crippen LogP contribution in [0.15, 0.2) is 48.7 Å². The minimum absolute atomic E-state index is 0.0214. The van der Waals surface area contributed by atoms with E-state index in [2.05, 4.69) is 4.98 Å². The fourth-order valence-corrected chi connectivity index (χ4v) is 2.30. The number of pyridine rings is 1. The van der Waals surface area contributed by atoms with Crippen molar-refractivity contribution in [1.29, 1.82) is 0 Å². The summed E-state index contributed by atoms with van der Waals surface area (Å²) in [5.74, 6) is -0.113. The maximum Gasteiger partial charge on any atom is 0.317 e. The molecule has 2 aromatic rings. The third-order valence-corrected chi connectivity index (χ3v) is 3.51. The molecule has 0 saturated carbocycles. The van der Waals surface area contributed by atoms with E-state index in [0.717, 1.165) is 11.3 Å². The van der Waals surface area contributed by atoms with Gasteiger partial charge in [-0.15, -0.1) is 0 Å². The second-order valence-electron chi connectivity index (χ2n) is 5.57. The summed E-state index contributed by atoms with van der Waals surface area (Å²) in [5.41, 5.74) is 2.01. The van der Waals surface area contributed by atoms with Crippen molar-refractivity contribution in [2.75, 3.05) is 20.1 Å². The predicted octanol–water partition coefficient (Wildman–Crippen LogP) is 2.92. The first-order valence-corrected chi connectivity index (χ1v) is 7.59. The van der Waals surface area contributed by atoms with Crippen LogP contribution in [0.25, 0.3) is 0 Å². The number of aliphatic carboxylic acids is 1. The number of carbonyl (C=O) groups is 1. The lowest BCUT2D eigenvalue weighted by atomic mass is 10.1. The quantitative estimate of drug-likeness (QED) is 0.811. The van der Waals surface area contributed by atoms with E-state index in [9.17, 15) is 4.79 Å². The van der Waals surface area contributed by atoms with Crippen LogP contribution in [0.3, 0.4) is 0 Å². The molecule has 0 fully saturated rings. The lowest BCUT2D eigenvalue weighted by Crippen LogP contribution is -2.28. The Balaban J connectivity index is 2.06. The Morgan fingerprint density at radius 2 is 2.00 bits per heavy atom. The average Bonchev–Trinajstić information content (AvgIpc) is 2.53. The first-order chi connectivity index (χ1) is 11.0. The number of benzene rings is 1. The largest absolute Gasteiger partial charge is 0.484 e. The highest BCUT2D eigenvalue weighted by molar-refractivity contribution is 5.68. The summed E-state index contributed by atoms with van der Waals surface area (Å²) in [6, 6.07) is 13.8. The third-order valence-electron chi connectivity index (χ3n) is 3.51. The van der Waals surface area contributed by atoms with Gasteiger partial charge in [-0.1, -0.05) is 30.3 Å². The van der Waals surface area contributed by atoms with Gasteiger partial charge in [0.1, 0.15) is 11.9 Å². The molecule has 1 atom stereocenters. The Hall–Kier alpha value is -2.40. The highest BCUT2D eigenvalue weighted by atomic mass is 16.5. The molecule has 0 aliphatic heterocycles. The van der Waals surface area contributed by atoms with Crippen molar-refractivity contribution in [2.24, 2.45) is 0 Å². The number of aromatic nitrogens is 1. The zero-order valence-corrected chi connectivity index (χ0v) is 13.5. The molecule has 1 aromatic heterocycles. The van der Waals surface area contributed by atoms with Crippen molar-refractivity contribution < 1.29 is 14.6 Å². The standard InChI is InChI=1S/C18H22N2O3/c1-14-8-9-16(12-19-14)23-17(15-6-4-3-5-7-15)10-11-20(2)13-18(21)22/h3-9,12,17H,10-11,13H2,1-2H3,(H,21,22). The maximum atomic E-state index is 10.8. The number of carboxylic acids is 1. The zero-order valence-electron chi connectivity index (χ0n) is 13.5. The van der Waals surface area contributed by atoms with Crippen molar-refractivity contribution in [3.63, 3.8) is 0 Å². The molecule has 0 spiro atoms. The lowest BCUT2D eigenvalue weighted by Gasteiger charge is -2.22. The van der Waals surface area contributed by atoms with Crippen molar-refractivity contribution in [3.05, 3.63) is 59.9 Å². The van der Waals surface area contributed by atoms with Crippen LogP contribution in [0.1, 0.15) is 23.8 Å². The summed E-state index contributed by atoms with van der Waals surface area (Å²) in [4.78, 5) is 16.8. The van der Waals surface area contributed by atoms with Gasteiger partial charge in [0.05, 0.1) is 12.7 Å². The molecule has 23 heavy (non-hydrogen) atoms. The van der Waals surface area contributed by atoms with Gasteiger partial charge >= 0.3 is 5.97 Å². The number of hydrogen-bond donors (Lipinski definition) is 1. The van der Waals surface area contributed by atoms with Gasteiger partial charge in [-0.2, -0.15) is 0 Å². The van der Waals surface area contributed by atoms with Gasteiger partial charge in [0.15, 0.2) is 0 Å². The van der Waals surface area contributed by atoms with Gasteiger partial charge in [0.25, 0.3) is 0 Å². The molecule has 0 amide bonds. The molecule has 5 heteroatoms. The molecule has 122 valence electrons. The van der Waals surface area contributed by atoms with Gasteiger partial charge in [-0.25, -0.2) is 0 Å². The van der Waals surface area contributed by atoms with Crippen LogP contribution in [0.2, 0.25) is 0 Å². The number of rotatable bonds is 8. The Bertz CT molecular complexity index is 614. The molecular formula is C18H22N2O3. The van der Waals surface area contributed by atoms with E-state index in [1.165, 1.54) is 0 Å². The molecule has 0 aliphatic carbocycles. The monoisotopic (exact) mass is 314 g/mol. The van der Waals surface area contributed by atoms with Gasteiger partial charge in [-0.3, -0.25) is 14.7 Å². The summed E-state index contributed by atoms with van der Waals surface area (Å²) in [5, 5.41) is 8.85. The Morgan fingerprint density at radius 1 is 1.26 bits per heavy atom. The number of aryl methyl sites for hydroxylation is 1. The fraction of sp³-hybridized carbons (Fsp3) is 0.333. The lowest BCUT2D eigenvalue weighted by molar-refractivity contribution is -0.138. The van der Waals surface area contributed by atoms with E-state index in [1.54, 1.807) is 18.1 Å². The summed E-state index contributed by atoms with van der Waals surface area (Å²) in [7, 11) is 1.80. The number of likely N-dealkylation sites (N-methyl/N-ethyl adjacent to an activating group) is 1. The molecule has 5 nitrogen and oxygen atoms in total. The van der Waals surface area contributed by atoms with Crippen molar-refractivity contribution in [3.8, 4) is 5.75 Å². The molecule has 1 heterocycles. The molecule has 0 aliphatic rings. The van der Waals surface area contributed by atoms with Crippen LogP contribution in [0.4, 0.5) is 0 Å². The molecule has 1 unspecified atom stereocenters. The summed E-state index contributed by atoms with van der Waals surface area (Å²) in [6.07, 6.45) is 2.27. The van der Waals surface area contributed by atoms with Crippen LogP contribution in [-0.4, -0.2) is 41.1 Å². The van der Waals surface area contributed by atoms with Gasteiger partial charge < -0.3 is 9.84 Å². The normalized spacial score (nSPS) is 12.1. The molecule has 1 N–H and O–H groups in total. The van der Waals surface area contributed by atoms with E-state index in [-0.39, 0.29) is 12.6 Å². The first-order valence-electron chi connectivity index (χ1n) is 7.59. The zero-order chi connectivity index (χ0) is 16.7. The molecular weight excluding hydrogens is 292 g/mol. The van der Waals surface area contributed by atoms with Crippen LogP contribution < -0.4 is 4.74 Å². The van der Waals surface area contributed by atoms with Crippen molar-refractivity contribution in [1.82, 2.24) is 9.88 Å². The Morgan fingerprint density at radius 3 is 2.61 bits per heavy atom. The summed E-state index contributed by atoms with van der Waals surface area (Å²) >= 11 is 0. The number of nitrogens with zero attached hydrogens (tertiary/aromatic N) is 2. The van der Waals surface area contributed by atoms with E-state index < -0.39 is 5.97 Å². The molecule has 0 saturated heterocycles. The summed E-state index contributed by atoms with van der Waals surface area (Å²) < 4.78 is 6.07. The van der Waals surface area contributed by atoms with Crippen molar-refractivity contribution >= 4 is 5.97 Å². The van der Waals surface area contributed by atoms with Crippen LogP contribution >= 0.6 is 0 Å². The molecule has 0 radical (unpaired) electrons. The highest BCUT2D eigenvalue weighted by Gasteiger charge is 2.15. The molecule has 2 rings (SSSR count). The van der Waals surface area contributed by atoms with Crippen molar-refractivity contribution in [2.45, 2.75) is 19.4 Å². The van der Waals surface area contributed by atoms with Gasteiger partial charge in [-0.05, 0) is 31.7 Å². The van der Waals surface area contributed by atoms with E-state index >= 15 is 0 Å². The number of carboxylic acid groups (broad SMARTS) is 1. The Labute approximate surface area is 136 Å². The van der Waals surface area contributed by atoms with Gasteiger partial charge in [0, 0.05) is 18.7 Å². The average molecular weight is 314 g/mol. The van der Waals surface area contributed by atoms with Crippen LogP contribution in [-0.2, 0) is 4.79 Å².